The zero-order valence-electron chi connectivity index (χ0n) is 9.65. The zero-order valence-corrected chi connectivity index (χ0v) is 11.2. The number of rotatable bonds is 6. The summed E-state index contributed by atoms with van der Waals surface area (Å²) in [5.74, 6) is 1.06. The Morgan fingerprint density at radius 3 is 2.88 bits per heavy atom. The van der Waals surface area contributed by atoms with E-state index in [1.807, 2.05) is 0 Å². The molecule has 90 valence electrons. The molecule has 0 saturated heterocycles. The van der Waals surface area contributed by atoms with E-state index in [4.69, 9.17) is 4.74 Å². The van der Waals surface area contributed by atoms with Gasteiger partial charge in [0.25, 0.3) is 5.56 Å². The van der Waals surface area contributed by atoms with Crippen LogP contribution < -0.4 is 10.3 Å². The van der Waals surface area contributed by atoms with Crippen LogP contribution in [0, 0.1) is 5.92 Å². The van der Waals surface area contributed by atoms with E-state index in [0.29, 0.717) is 18.3 Å². The van der Waals surface area contributed by atoms with E-state index in [1.54, 1.807) is 13.2 Å². The van der Waals surface area contributed by atoms with E-state index in [1.165, 1.54) is 10.7 Å². The summed E-state index contributed by atoms with van der Waals surface area (Å²) in [6, 6.07) is 3.07. The van der Waals surface area contributed by atoms with Gasteiger partial charge in [0.2, 0.25) is 5.88 Å². The largest absolute Gasteiger partial charge is 0.480 e. The van der Waals surface area contributed by atoms with E-state index in [2.05, 4.69) is 28.0 Å². The highest BCUT2D eigenvalue weighted by Crippen LogP contribution is 2.10. The maximum atomic E-state index is 11.5. The lowest BCUT2D eigenvalue weighted by atomic mass is 10.1. The molecule has 0 aliphatic heterocycles. The van der Waals surface area contributed by atoms with Gasteiger partial charge in [0.05, 0.1) is 7.11 Å². The van der Waals surface area contributed by atoms with E-state index in [-0.39, 0.29) is 5.56 Å². The minimum absolute atomic E-state index is 0.0770. The fourth-order valence-electron chi connectivity index (χ4n) is 1.37. The SMILES string of the molecule is COc1ccc(=O)n(CCC(C)CCBr)n1. The number of aromatic nitrogens is 2. The van der Waals surface area contributed by atoms with Crippen molar-refractivity contribution in [2.45, 2.75) is 26.3 Å². The molecule has 1 heterocycles. The molecule has 5 heteroatoms. The molecule has 1 rings (SSSR count). The highest BCUT2D eigenvalue weighted by molar-refractivity contribution is 9.09. The van der Waals surface area contributed by atoms with E-state index < -0.39 is 0 Å². The van der Waals surface area contributed by atoms with Crippen molar-refractivity contribution in [2.24, 2.45) is 5.92 Å². The van der Waals surface area contributed by atoms with Crippen LogP contribution in [0.25, 0.3) is 0 Å². The molecule has 0 fully saturated rings. The highest BCUT2D eigenvalue weighted by Gasteiger charge is 2.04. The Bertz CT molecular complexity index is 378. The van der Waals surface area contributed by atoms with Gasteiger partial charge in [-0.3, -0.25) is 4.79 Å². The van der Waals surface area contributed by atoms with Crippen molar-refractivity contribution in [3.63, 3.8) is 0 Å². The molecule has 0 aliphatic rings. The Hall–Kier alpha value is -0.840. The van der Waals surface area contributed by atoms with Crippen molar-refractivity contribution >= 4 is 15.9 Å². The first kappa shape index (κ1) is 13.2. The number of ether oxygens (including phenoxy) is 1. The normalized spacial score (nSPS) is 12.4. The minimum Gasteiger partial charge on any atom is -0.480 e. The smallest absolute Gasteiger partial charge is 0.266 e. The van der Waals surface area contributed by atoms with Gasteiger partial charge in [-0.1, -0.05) is 22.9 Å². The van der Waals surface area contributed by atoms with Gasteiger partial charge in [0.15, 0.2) is 0 Å². The van der Waals surface area contributed by atoms with Gasteiger partial charge < -0.3 is 4.74 Å². The monoisotopic (exact) mass is 288 g/mol. The summed E-state index contributed by atoms with van der Waals surface area (Å²) < 4.78 is 6.45. The maximum absolute atomic E-state index is 11.5. The molecule has 0 radical (unpaired) electrons. The molecule has 0 saturated carbocycles. The zero-order chi connectivity index (χ0) is 12.0. The summed E-state index contributed by atoms with van der Waals surface area (Å²) in [4.78, 5) is 11.5. The third-order valence-corrected chi connectivity index (χ3v) is 2.94. The molecular weight excluding hydrogens is 272 g/mol. The fourth-order valence-corrected chi connectivity index (χ4v) is 2.15. The van der Waals surface area contributed by atoms with Gasteiger partial charge in [-0.2, -0.15) is 0 Å². The van der Waals surface area contributed by atoms with Gasteiger partial charge >= 0.3 is 0 Å². The average Bonchev–Trinajstić information content (AvgIpc) is 2.28. The average molecular weight is 289 g/mol. The molecule has 0 aliphatic carbocycles. The summed E-state index contributed by atoms with van der Waals surface area (Å²) in [6.45, 7) is 2.82. The van der Waals surface area contributed by atoms with Crippen molar-refractivity contribution in [3.05, 3.63) is 22.5 Å². The summed E-state index contributed by atoms with van der Waals surface area (Å²) >= 11 is 3.41. The summed E-state index contributed by atoms with van der Waals surface area (Å²) in [5, 5.41) is 5.09. The van der Waals surface area contributed by atoms with E-state index >= 15 is 0 Å². The van der Waals surface area contributed by atoms with Gasteiger partial charge in [-0.15, -0.1) is 5.10 Å². The van der Waals surface area contributed by atoms with Crippen LogP contribution in [0.5, 0.6) is 5.88 Å². The number of methoxy groups -OCH3 is 1. The molecule has 0 bridgehead atoms. The Labute approximate surface area is 104 Å². The van der Waals surface area contributed by atoms with Crippen LogP contribution in [-0.2, 0) is 6.54 Å². The second-order valence-corrected chi connectivity index (χ2v) is 4.60. The van der Waals surface area contributed by atoms with Crippen LogP contribution in [0.1, 0.15) is 19.8 Å². The minimum atomic E-state index is -0.0770. The Morgan fingerprint density at radius 1 is 1.50 bits per heavy atom. The lowest BCUT2D eigenvalue weighted by molar-refractivity contribution is 0.365. The van der Waals surface area contributed by atoms with Crippen molar-refractivity contribution in [1.29, 1.82) is 0 Å². The highest BCUT2D eigenvalue weighted by atomic mass is 79.9. The summed E-state index contributed by atoms with van der Waals surface area (Å²) in [5.41, 5.74) is -0.0770. The van der Waals surface area contributed by atoms with Gasteiger partial charge in [0, 0.05) is 24.0 Å². The molecule has 0 spiro atoms. The number of alkyl halides is 1. The van der Waals surface area contributed by atoms with Crippen LogP contribution in [0.3, 0.4) is 0 Å². The molecule has 1 aromatic heterocycles. The first-order valence-corrected chi connectivity index (χ1v) is 6.47. The first-order valence-electron chi connectivity index (χ1n) is 5.35. The number of halogens is 1. The molecule has 0 amide bonds. The quantitative estimate of drug-likeness (QED) is 0.753. The standard InChI is InChI=1S/C11H17BrN2O2/c1-9(5-7-12)6-8-14-11(15)4-3-10(13-14)16-2/h3-4,9H,5-8H2,1-2H3. The number of hydrogen-bond acceptors (Lipinski definition) is 3. The molecule has 4 nitrogen and oxygen atoms in total. The molecule has 1 unspecified atom stereocenters. The lowest BCUT2D eigenvalue weighted by Crippen LogP contribution is -2.23. The molecular formula is C11H17BrN2O2. The molecule has 1 atom stereocenters. The summed E-state index contributed by atoms with van der Waals surface area (Å²) in [6.07, 6.45) is 2.06. The van der Waals surface area contributed by atoms with Crippen molar-refractivity contribution in [3.8, 4) is 5.88 Å². The van der Waals surface area contributed by atoms with Crippen molar-refractivity contribution in [1.82, 2.24) is 9.78 Å². The molecule has 1 aromatic rings. The second-order valence-electron chi connectivity index (χ2n) is 3.81. The van der Waals surface area contributed by atoms with Crippen LogP contribution in [0.2, 0.25) is 0 Å². The van der Waals surface area contributed by atoms with Crippen molar-refractivity contribution in [2.75, 3.05) is 12.4 Å². The first-order chi connectivity index (χ1) is 7.67. The number of nitrogens with zero attached hydrogens (tertiary/aromatic N) is 2. The van der Waals surface area contributed by atoms with Crippen LogP contribution >= 0.6 is 15.9 Å². The molecule has 16 heavy (non-hydrogen) atoms. The van der Waals surface area contributed by atoms with Gasteiger partial charge in [0.1, 0.15) is 0 Å². The van der Waals surface area contributed by atoms with Gasteiger partial charge in [-0.25, -0.2) is 4.68 Å². The van der Waals surface area contributed by atoms with Gasteiger partial charge in [-0.05, 0) is 18.8 Å². The number of hydrogen-bond donors (Lipinski definition) is 0. The summed E-state index contributed by atoms with van der Waals surface area (Å²) in [7, 11) is 1.55. The predicted molar refractivity (Wildman–Crippen MR) is 67.2 cm³/mol. The fraction of sp³-hybridized carbons (Fsp3) is 0.636. The molecule has 0 aromatic carbocycles. The Kier molecular flexibility index (Phi) is 5.52. The van der Waals surface area contributed by atoms with Crippen LogP contribution in [0.15, 0.2) is 16.9 Å². The van der Waals surface area contributed by atoms with E-state index in [0.717, 1.165) is 18.2 Å². The van der Waals surface area contributed by atoms with E-state index in [9.17, 15) is 4.79 Å². The van der Waals surface area contributed by atoms with Crippen LogP contribution in [0.4, 0.5) is 0 Å². The number of aryl methyl sites for hydroxylation is 1. The maximum Gasteiger partial charge on any atom is 0.266 e. The Morgan fingerprint density at radius 2 is 2.25 bits per heavy atom. The third-order valence-electron chi connectivity index (χ3n) is 2.49. The van der Waals surface area contributed by atoms with Crippen molar-refractivity contribution < 1.29 is 4.74 Å². The predicted octanol–water partition coefficient (Wildman–Crippen LogP) is 2.06. The molecule has 0 N–H and O–H groups in total. The lowest BCUT2D eigenvalue weighted by Gasteiger charge is -2.10. The second kappa shape index (κ2) is 6.68. The van der Waals surface area contributed by atoms with Crippen LogP contribution in [-0.4, -0.2) is 22.2 Å². The third kappa shape index (κ3) is 3.96. The Balaban J connectivity index is 2.62. The topological polar surface area (TPSA) is 44.1 Å².